The van der Waals surface area contributed by atoms with Crippen LogP contribution in [0.5, 0.6) is 0 Å². The summed E-state index contributed by atoms with van der Waals surface area (Å²) in [5, 5.41) is 24.2. The first kappa shape index (κ1) is 25.8. The number of aryl methyl sites for hydroxylation is 2. The summed E-state index contributed by atoms with van der Waals surface area (Å²) in [4.78, 5) is 34.3. The van der Waals surface area contributed by atoms with Gasteiger partial charge in [-0.3, -0.25) is 14.4 Å². The molecule has 0 fully saturated rings. The number of ketones is 1. The molecule has 2 heterocycles. The summed E-state index contributed by atoms with van der Waals surface area (Å²) < 4.78 is 5.59. The van der Waals surface area contributed by atoms with E-state index in [1.807, 2.05) is 32.0 Å². The van der Waals surface area contributed by atoms with Gasteiger partial charge in [0.25, 0.3) is 5.97 Å². The summed E-state index contributed by atoms with van der Waals surface area (Å²) in [5.41, 5.74) is 4.67. The van der Waals surface area contributed by atoms with Crippen LogP contribution < -0.4 is 10.6 Å². The Bertz CT molecular complexity index is 1210. The number of nitriles is 1. The number of carbonyl (C=O) groups excluding carboxylic acids is 2. The maximum Gasteiger partial charge on any atom is 0.300 e. The van der Waals surface area contributed by atoms with Gasteiger partial charge in [-0.2, -0.15) is 5.26 Å². The summed E-state index contributed by atoms with van der Waals surface area (Å²) in [6.07, 6.45) is 3.51. The van der Waals surface area contributed by atoms with E-state index in [0.717, 1.165) is 42.3 Å². The molecule has 1 amide bonds. The normalized spacial score (nSPS) is 17.0. The first-order valence-corrected chi connectivity index (χ1v) is 12.1. The van der Waals surface area contributed by atoms with Crippen LogP contribution >= 0.6 is 11.8 Å². The number of thioether (sulfide) groups is 1. The molecule has 2 aliphatic rings. The van der Waals surface area contributed by atoms with Crippen LogP contribution in [0.25, 0.3) is 0 Å². The zero-order valence-corrected chi connectivity index (χ0v) is 20.6. The van der Waals surface area contributed by atoms with Crippen LogP contribution in [0.1, 0.15) is 49.0 Å². The van der Waals surface area contributed by atoms with Crippen molar-refractivity contribution >= 4 is 35.1 Å². The van der Waals surface area contributed by atoms with Crippen molar-refractivity contribution < 1.29 is 23.9 Å². The van der Waals surface area contributed by atoms with Crippen molar-refractivity contribution in [1.82, 2.24) is 5.32 Å². The molecule has 3 N–H and O–H groups in total. The highest BCUT2D eigenvalue weighted by Crippen LogP contribution is 2.44. The quantitative estimate of drug-likeness (QED) is 0.542. The minimum absolute atomic E-state index is 0.0414. The number of amides is 1. The summed E-state index contributed by atoms with van der Waals surface area (Å²) in [6, 6.07) is 11.7. The van der Waals surface area contributed by atoms with Crippen LogP contribution in [-0.2, 0) is 14.4 Å². The number of para-hydroxylation sites is 1. The van der Waals surface area contributed by atoms with Gasteiger partial charge in [0, 0.05) is 30.3 Å². The number of anilines is 1. The lowest BCUT2D eigenvalue weighted by atomic mass is 9.79. The third kappa shape index (κ3) is 6.22. The van der Waals surface area contributed by atoms with Gasteiger partial charge < -0.3 is 20.2 Å². The summed E-state index contributed by atoms with van der Waals surface area (Å²) in [6.45, 7) is 4.99. The lowest BCUT2D eigenvalue weighted by Crippen LogP contribution is -2.31. The summed E-state index contributed by atoms with van der Waals surface area (Å²) >= 11 is 1.27. The number of dihydropyridines is 1. The number of nitrogens with zero attached hydrogens (tertiary/aromatic N) is 1. The number of hydrogen-bond donors (Lipinski definition) is 3. The SMILES string of the molecule is CC(=O)O.Cc1cccc(C)c1NC(=O)CSC1=C(C#N)C(c2ccco2)C2=C(CCCC2=O)N1. The molecule has 1 aromatic heterocycles. The Morgan fingerprint density at radius 1 is 1.23 bits per heavy atom. The zero-order valence-electron chi connectivity index (χ0n) is 19.8. The molecular weight excluding hydrogens is 466 g/mol. The minimum atomic E-state index is -0.833. The van der Waals surface area contributed by atoms with Crippen molar-refractivity contribution in [2.45, 2.75) is 46.0 Å². The summed E-state index contributed by atoms with van der Waals surface area (Å²) in [7, 11) is 0. The second kappa shape index (κ2) is 11.6. The molecule has 4 rings (SSSR count). The molecular formula is C26H27N3O5S. The first-order chi connectivity index (χ1) is 16.7. The van der Waals surface area contributed by atoms with Crippen molar-refractivity contribution in [3.05, 3.63) is 75.4 Å². The van der Waals surface area contributed by atoms with E-state index in [-0.39, 0.29) is 17.4 Å². The monoisotopic (exact) mass is 493 g/mol. The maximum atomic E-state index is 12.7. The van der Waals surface area contributed by atoms with Gasteiger partial charge in [0.1, 0.15) is 5.76 Å². The number of furan rings is 1. The Kier molecular flexibility index (Phi) is 8.55. The van der Waals surface area contributed by atoms with Gasteiger partial charge >= 0.3 is 0 Å². The van der Waals surface area contributed by atoms with Crippen LogP contribution in [0, 0.1) is 25.2 Å². The number of benzene rings is 1. The molecule has 1 atom stereocenters. The molecule has 2 aromatic rings. The van der Waals surface area contributed by atoms with Gasteiger partial charge in [-0.05, 0) is 49.9 Å². The molecule has 1 unspecified atom stereocenters. The summed E-state index contributed by atoms with van der Waals surface area (Å²) in [5.74, 6) is -0.766. The number of hydrogen-bond acceptors (Lipinski definition) is 7. The largest absolute Gasteiger partial charge is 0.481 e. The number of carbonyl (C=O) groups is 3. The molecule has 0 bridgehead atoms. The van der Waals surface area contributed by atoms with Crippen molar-refractivity contribution in [2.24, 2.45) is 0 Å². The lowest BCUT2D eigenvalue weighted by molar-refractivity contribution is -0.134. The zero-order chi connectivity index (χ0) is 25.5. The van der Waals surface area contributed by atoms with Crippen molar-refractivity contribution in [3.8, 4) is 6.07 Å². The molecule has 1 aliphatic heterocycles. The van der Waals surface area contributed by atoms with Gasteiger partial charge in [0.2, 0.25) is 5.91 Å². The number of rotatable bonds is 5. The molecule has 182 valence electrons. The second-order valence-corrected chi connectivity index (χ2v) is 9.21. The Morgan fingerprint density at radius 2 is 1.91 bits per heavy atom. The van der Waals surface area contributed by atoms with E-state index in [2.05, 4.69) is 16.7 Å². The number of allylic oxidation sites excluding steroid dienone is 3. The van der Waals surface area contributed by atoms with Crippen molar-refractivity contribution in [3.63, 3.8) is 0 Å². The highest BCUT2D eigenvalue weighted by atomic mass is 32.2. The predicted octanol–water partition coefficient (Wildman–Crippen LogP) is 4.79. The van der Waals surface area contributed by atoms with Gasteiger partial charge in [0.05, 0.1) is 34.6 Å². The van der Waals surface area contributed by atoms with E-state index in [1.54, 1.807) is 18.4 Å². The number of Topliss-reactive ketones (excluding diaryl/α,β-unsaturated/α-hetero) is 1. The standard InChI is InChI=1S/C24H23N3O3S.C2H4O2/c1-14-6-3-7-15(2)23(14)27-20(29)13-31-24-16(12-25)21(19-10-5-11-30-19)22-17(26-24)8-4-9-18(22)28;1-2(3)4/h3,5-7,10-11,21,26H,4,8-9,13H2,1-2H3,(H,27,29);1H3,(H,3,4). The highest BCUT2D eigenvalue weighted by Gasteiger charge is 2.38. The number of carboxylic acids is 1. The molecule has 9 heteroatoms. The molecule has 1 aromatic carbocycles. The molecule has 0 spiro atoms. The van der Waals surface area contributed by atoms with Crippen LogP contribution in [-0.4, -0.2) is 28.5 Å². The van der Waals surface area contributed by atoms with Crippen LogP contribution in [0.15, 0.2) is 62.9 Å². The molecule has 35 heavy (non-hydrogen) atoms. The highest BCUT2D eigenvalue weighted by molar-refractivity contribution is 8.03. The molecule has 0 radical (unpaired) electrons. The molecule has 8 nitrogen and oxygen atoms in total. The topological polar surface area (TPSA) is 132 Å². The van der Waals surface area contributed by atoms with E-state index < -0.39 is 11.9 Å². The molecule has 0 saturated carbocycles. The fourth-order valence-electron chi connectivity index (χ4n) is 4.10. The Balaban J connectivity index is 0.000000795. The van der Waals surface area contributed by atoms with Crippen molar-refractivity contribution in [2.75, 3.05) is 11.1 Å². The van der Waals surface area contributed by atoms with E-state index in [4.69, 9.17) is 14.3 Å². The molecule has 1 aliphatic carbocycles. The van der Waals surface area contributed by atoms with Crippen LogP contribution in [0.3, 0.4) is 0 Å². The van der Waals surface area contributed by atoms with Crippen molar-refractivity contribution in [1.29, 1.82) is 5.26 Å². The van der Waals surface area contributed by atoms with Crippen LogP contribution in [0.2, 0.25) is 0 Å². The lowest BCUT2D eigenvalue weighted by Gasteiger charge is -2.32. The minimum Gasteiger partial charge on any atom is -0.481 e. The number of nitrogens with one attached hydrogen (secondary N) is 2. The van der Waals surface area contributed by atoms with E-state index in [0.29, 0.717) is 28.4 Å². The van der Waals surface area contributed by atoms with Gasteiger partial charge in [0.15, 0.2) is 5.78 Å². The smallest absolute Gasteiger partial charge is 0.300 e. The Labute approximate surface area is 208 Å². The van der Waals surface area contributed by atoms with Gasteiger partial charge in [-0.25, -0.2) is 0 Å². The molecule has 0 saturated heterocycles. The van der Waals surface area contributed by atoms with Gasteiger partial charge in [-0.15, -0.1) is 0 Å². The third-order valence-electron chi connectivity index (χ3n) is 5.58. The van der Waals surface area contributed by atoms with Crippen LogP contribution in [0.4, 0.5) is 5.69 Å². The average molecular weight is 494 g/mol. The first-order valence-electron chi connectivity index (χ1n) is 11.1. The number of aliphatic carboxylic acids is 1. The van der Waals surface area contributed by atoms with E-state index >= 15 is 0 Å². The fourth-order valence-corrected chi connectivity index (χ4v) is 4.96. The average Bonchev–Trinajstić information content (AvgIpc) is 3.33. The van der Waals surface area contributed by atoms with E-state index in [1.165, 1.54) is 11.8 Å². The predicted molar refractivity (Wildman–Crippen MR) is 133 cm³/mol. The maximum absolute atomic E-state index is 12.7. The second-order valence-electron chi connectivity index (χ2n) is 8.22. The Hall–Kier alpha value is -3.77. The Morgan fingerprint density at radius 3 is 2.51 bits per heavy atom. The fraction of sp³-hybridized carbons (Fsp3) is 0.308. The van der Waals surface area contributed by atoms with E-state index in [9.17, 15) is 14.9 Å². The third-order valence-corrected chi connectivity index (χ3v) is 6.60. The number of carboxylic acid groups (broad SMARTS) is 1. The van der Waals surface area contributed by atoms with Gasteiger partial charge in [-0.1, -0.05) is 30.0 Å².